The highest BCUT2D eigenvalue weighted by Gasteiger charge is 2.42. The second-order valence-corrected chi connectivity index (χ2v) is 5.46. The summed E-state index contributed by atoms with van der Waals surface area (Å²) in [5.41, 5.74) is 0.163. The third kappa shape index (κ3) is 2.89. The van der Waals surface area contributed by atoms with E-state index in [2.05, 4.69) is 20.8 Å². The quantitative estimate of drug-likeness (QED) is 0.553. The smallest absolute Gasteiger partial charge is 0.171 e. The highest BCUT2D eigenvalue weighted by Crippen LogP contribution is 2.44. The molecule has 1 saturated carbocycles. The van der Waals surface area contributed by atoms with Crippen molar-refractivity contribution < 1.29 is 13.2 Å². The van der Waals surface area contributed by atoms with Gasteiger partial charge >= 0.3 is 6.18 Å². The molecule has 0 heterocycles. The summed E-state index contributed by atoms with van der Waals surface area (Å²) in [5.74, 6) is -0.581. The van der Waals surface area contributed by atoms with Crippen LogP contribution >= 0.6 is 0 Å². The lowest BCUT2D eigenvalue weighted by molar-refractivity contribution is -0.185. The van der Waals surface area contributed by atoms with Crippen LogP contribution in [0.1, 0.15) is 46.5 Å². The largest absolute Gasteiger partial charge is 0.391 e. The zero-order valence-electron chi connectivity index (χ0n) is 9.12. The van der Waals surface area contributed by atoms with Crippen LogP contribution in [0.2, 0.25) is 0 Å². The molecule has 0 aromatic rings. The summed E-state index contributed by atoms with van der Waals surface area (Å²) in [5, 5.41) is 0. The normalized spacial score (nSPS) is 30.4. The van der Waals surface area contributed by atoms with E-state index in [1.165, 1.54) is 0 Å². The van der Waals surface area contributed by atoms with Crippen molar-refractivity contribution in [1.82, 2.24) is 0 Å². The summed E-state index contributed by atoms with van der Waals surface area (Å²) in [4.78, 5) is 0. The van der Waals surface area contributed by atoms with Gasteiger partial charge in [-0.3, -0.25) is 0 Å². The van der Waals surface area contributed by atoms with Crippen molar-refractivity contribution in [3.63, 3.8) is 0 Å². The van der Waals surface area contributed by atoms with Crippen LogP contribution in [0.25, 0.3) is 0 Å². The predicted octanol–water partition coefficient (Wildman–Crippen LogP) is 4.40. The molecule has 0 N–H and O–H groups in total. The Labute approximate surface area is 83.9 Å². The Balaban J connectivity index is 2.47. The molecule has 0 aromatic carbocycles. The zero-order chi connectivity index (χ0) is 11.0. The molecule has 0 atom stereocenters. The minimum absolute atomic E-state index is 0.163. The molecular weight excluding hydrogens is 189 g/mol. The van der Waals surface area contributed by atoms with Gasteiger partial charge in [-0.15, -0.1) is 0 Å². The van der Waals surface area contributed by atoms with Crippen LogP contribution in [-0.2, 0) is 0 Å². The fraction of sp³-hybridized carbons (Fsp3) is 1.00. The van der Waals surface area contributed by atoms with Gasteiger partial charge in [0.15, 0.2) is 0 Å². The summed E-state index contributed by atoms with van der Waals surface area (Å²) in [6.45, 7) is 6.35. The van der Waals surface area contributed by atoms with Crippen LogP contribution in [0.3, 0.4) is 0 Å². The Hall–Kier alpha value is -0.210. The van der Waals surface area contributed by atoms with Gasteiger partial charge in [0.05, 0.1) is 5.92 Å². The van der Waals surface area contributed by atoms with Gasteiger partial charge in [-0.2, -0.15) is 13.2 Å². The van der Waals surface area contributed by atoms with Crippen molar-refractivity contribution in [2.24, 2.45) is 17.3 Å². The molecule has 1 fully saturated rings. The maximum absolute atomic E-state index is 12.4. The van der Waals surface area contributed by atoms with Crippen molar-refractivity contribution in [1.29, 1.82) is 0 Å². The molecule has 3 heteroatoms. The maximum atomic E-state index is 12.4. The van der Waals surface area contributed by atoms with Crippen molar-refractivity contribution in [3.8, 4) is 0 Å². The zero-order valence-corrected chi connectivity index (χ0v) is 9.12. The first-order valence-corrected chi connectivity index (χ1v) is 5.28. The van der Waals surface area contributed by atoms with Crippen LogP contribution in [0.5, 0.6) is 0 Å². The van der Waals surface area contributed by atoms with Crippen molar-refractivity contribution in [2.45, 2.75) is 52.6 Å². The summed E-state index contributed by atoms with van der Waals surface area (Å²) >= 11 is 0. The number of hydrogen-bond acceptors (Lipinski definition) is 0. The van der Waals surface area contributed by atoms with Crippen LogP contribution in [0, 0.1) is 17.3 Å². The lowest BCUT2D eigenvalue weighted by Gasteiger charge is -2.37. The molecular formula is C11H19F3. The first-order valence-electron chi connectivity index (χ1n) is 5.28. The Morgan fingerprint density at radius 2 is 1.14 bits per heavy atom. The molecule has 0 spiro atoms. The van der Waals surface area contributed by atoms with Gasteiger partial charge in [0.2, 0.25) is 0 Å². The topological polar surface area (TPSA) is 0 Å². The van der Waals surface area contributed by atoms with E-state index in [4.69, 9.17) is 0 Å². The Morgan fingerprint density at radius 1 is 0.786 bits per heavy atom. The first-order chi connectivity index (χ1) is 6.21. The summed E-state index contributed by atoms with van der Waals surface area (Å²) in [6.07, 6.45) is -1.86. The van der Waals surface area contributed by atoms with E-state index in [-0.39, 0.29) is 5.41 Å². The molecule has 0 aliphatic heterocycles. The fourth-order valence-corrected chi connectivity index (χ4v) is 2.29. The van der Waals surface area contributed by atoms with E-state index in [9.17, 15) is 13.2 Å². The first kappa shape index (κ1) is 11.9. The number of rotatable bonds is 0. The van der Waals surface area contributed by atoms with Crippen molar-refractivity contribution in [3.05, 3.63) is 0 Å². The van der Waals surface area contributed by atoms with Crippen molar-refractivity contribution in [2.75, 3.05) is 0 Å². The van der Waals surface area contributed by atoms with Crippen molar-refractivity contribution >= 4 is 0 Å². The highest BCUT2D eigenvalue weighted by molar-refractivity contribution is 4.82. The number of alkyl halides is 3. The SMILES string of the molecule is CC(C)(C)[C@H]1CC[C@@H](C(F)(F)F)CC1. The average molecular weight is 208 g/mol. The molecule has 0 amide bonds. The van der Waals surface area contributed by atoms with Gasteiger partial charge in [-0.25, -0.2) is 0 Å². The molecule has 0 aromatic heterocycles. The second kappa shape index (κ2) is 3.74. The Morgan fingerprint density at radius 3 is 1.43 bits per heavy atom. The molecule has 1 aliphatic carbocycles. The van der Waals surface area contributed by atoms with E-state index in [1.807, 2.05) is 0 Å². The van der Waals surface area contributed by atoms with Gasteiger partial charge in [0.25, 0.3) is 0 Å². The van der Waals surface area contributed by atoms with Crippen LogP contribution < -0.4 is 0 Å². The standard InChI is InChI=1S/C11H19F3/c1-10(2,3)8-4-6-9(7-5-8)11(12,13)14/h8-9H,4-7H2,1-3H3/t8-,9+. The average Bonchev–Trinajstić information content (AvgIpc) is 2.01. The molecule has 0 saturated heterocycles. The molecule has 0 nitrogen and oxygen atoms in total. The minimum Gasteiger partial charge on any atom is -0.171 e. The lowest BCUT2D eigenvalue weighted by Crippen LogP contribution is -2.32. The number of halogens is 3. The van der Waals surface area contributed by atoms with Crippen LogP contribution in [-0.4, -0.2) is 6.18 Å². The number of hydrogen-bond donors (Lipinski definition) is 0. The lowest BCUT2D eigenvalue weighted by atomic mass is 9.70. The van der Waals surface area contributed by atoms with E-state index < -0.39 is 12.1 Å². The van der Waals surface area contributed by atoms with Crippen LogP contribution in [0.15, 0.2) is 0 Å². The molecule has 0 unspecified atom stereocenters. The molecule has 1 rings (SSSR count). The van der Waals surface area contributed by atoms with Gasteiger partial charge in [-0.05, 0) is 37.0 Å². The summed E-state index contributed by atoms with van der Waals surface area (Å²) < 4.78 is 37.1. The van der Waals surface area contributed by atoms with E-state index in [1.54, 1.807) is 0 Å². The van der Waals surface area contributed by atoms with Gasteiger partial charge in [0.1, 0.15) is 0 Å². The van der Waals surface area contributed by atoms with Gasteiger partial charge in [0, 0.05) is 0 Å². The monoisotopic (exact) mass is 208 g/mol. The van der Waals surface area contributed by atoms with Crippen LogP contribution in [0.4, 0.5) is 13.2 Å². The van der Waals surface area contributed by atoms with E-state index in [0.717, 1.165) is 12.8 Å². The van der Waals surface area contributed by atoms with Gasteiger partial charge in [-0.1, -0.05) is 20.8 Å². The fourth-order valence-electron chi connectivity index (χ4n) is 2.29. The van der Waals surface area contributed by atoms with Gasteiger partial charge < -0.3 is 0 Å². The Bertz CT molecular complexity index is 158. The predicted molar refractivity (Wildman–Crippen MR) is 51.0 cm³/mol. The highest BCUT2D eigenvalue weighted by atomic mass is 19.4. The third-order valence-electron chi connectivity index (χ3n) is 3.41. The van der Waals surface area contributed by atoms with E-state index >= 15 is 0 Å². The van der Waals surface area contributed by atoms with E-state index in [0.29, 0.717) is 18.8 Å². The molecule has 0 bridgehead atoms. The minimum atomic E-state index is -3.97. The summed E-state index contributed by atoms with van der Waals surface area (Å²) in [6, 6.07) is 0. The molecule has 0 radical (unpaired) electrons. The molecule has 1 aliphatic rings. The third-order valence-corrected chi connectivity index (χ3v) is 3.41. The molecule has 14 heavy (non-hydrogen) atoms. The molecule has 84 valence electrons. The summed E-state index contributed by atoms with van der Waals surface area (Å²) in [7, 11) is 0. The second-order valence-electron chi connectivity index (χ2n) is 5.46. The Kier molecular flexibility index (Phi) is 3.17. The maximum Gasteiger partial charge on any atom is 0.391 e.